The summed E-state index contributed by atoms with van der Waals surface area (Å²) >= 11 is 3.62. The van der Waals surface area contributed by atoms with Crippen LogP contribution in [0.5, 0.6) is 0 Å². The molecular weight excluding hydrogens is 396 g/mol. The fraction of sp³-hybridized carbons (Fsp3) is 0. The van der Waals surface area contributed by atoms with Crippen LogP contribution in [0.2, 0.25) is 0 Å². The van der Waals surface area contributed by atoms with E-state index in [1.54, 1.807) is 0 Å². The second-order valence-electron chi connectivity index (χ2n) is 6.52. The monoisotopic (exact) mass is 412 g/mol. The third-order valence-electron chi connectivity index (χ3n) is 4.83. The van der Waals surface area contributed by atoms with Crippen molar-refractivity contribution in [2.75, 3.05) is 5.32 Å². The van der Waals surface area contributed by atoms with Crippen molar-refractivity contribution in [2.45, 2.75) is 0 Å². The molecular formula is C24H17BrN2. The van der Waals surface area contributed by atoms with E-state index in [1.165, 1.54) is 21.8 Å². The van der Waals surface area contributed by atoms with Gasteiger partial charge < -0.3 is 9.88 Å². The van der Waals surface area contributed by atoms with Crippen molar-refractivity contribution in [1.29, 1.82) is 0 Å². The van der Waals surface area contributed by atoms with Gasteiger partial charge in [-0.15, -0.1) is 0 Å². The van der Waals surface area contributed by atoms with E-state index in [2.05, 4.69) is 105 Å². The summed E-state index contributed by atoms with van der Waals surface area (Å²) in [5, 5.41) is 6.07. The lowest BCUT2D eigenvalue weighted by Gasteiger charge is -2.15. The van der Waals surface area contributed by atoms with Crippen LogP contribution < -0.4 is 5.32 Å². The van der Waals surface area contributed by atoms with Crippen LogP contribution in [0.4, 0.5) is 11.4 Å². The van der Waals surface area contributed by atoms with Gasteiger partial charge in [-0.3, -0.25) is 0 Å². The van der Waals surface area contributed by atoms with Crippen LogP contribution in [0.3, 0.4) is 0 Å². The van der Waals surface area contributed by atoms with Gasteiger partial charge in [-0.2, -0.15) is 0 Å². The van der Waals surface area contributed by atoms with Crippen molar-refractivity contribution in [1.82, 2.24) is 4.57 Å². The first-order valence-electron chi connectivity index (χ1n) is 8.91. The average Bonchev–Trinajstić information content (AvgIpc) is 3.03. The smallest absolute Gasteiger partial charge is 0.0697 e. The molecule has 0 radical (unpaired) electrons. The molecule has 3 heteroatoms. The number of anilines is 2. The molecule has 0 amide bonds. The van der Waals surface area contributed by atoms with Crippen molar-refractivity contribution in [2.24, 2.45) is 0 Å². The zero-order valence-electron chi connectivity index (χ0n) is 14.6. The summed E-state index contributed by atoms with van der Waals surface area (Å²) in [5.74, 6) is 0. The lowest BCUT2D eigenvalue weighted by molar-refractivity contribution is 1.18. The maximum atomic E-state index is 3.62. The van der Waals surface area contributed by atoms with Gasteiger partial charge in [-0.1, -0.05) is 64.5 Å². The molecule has 1 heterocycles. The quantitative estimate of drug-likeness (QED) is 0.329. The molecule has 5 aromatic rings. The number of nitrogens with zero attached hydrogens (tertiary/aromatic N) is 1. The van der Waals surface area contributed by atoms with E-state index >= 15 is 0 Å². The number of aromatic nitrogens is 1. The Kier molecular flexibility index (Phi) is 3.95. The van der Waals surface area contributed by atoms with Crippen LogP contribution >= 0.6 is 15.9 Å². The molecule has 5 rings (SSSR count). The van der Waals surface area contributed by atoms with Crippen LogP contribution in [0, 0.1) is 0 Å². The number of hydrogen-bond donors (Lipinski definition) is 1. The lowest BCUT2D eigenvalue weighted by Crippen LogP contribution is -2.00. The van der Waals surface area contributed by atoms with E-state index in [0.717, 1.165) is 21.5 Å². The first kappa shape index (κ1) is 16.2. The molecule has 0 fully saturated rings. The first-order valence-corrected chi connectivity index (χ1v) is 9.71. The molecule has 0 saturated heterocycles. The number of para-hydroxylation sites is 4. The van der Waals surface area contributed by atoms with E-state index in [0.29, 0.717) is 0 Å². The maximum absolute atomic E-state index is 3.62. The molecule has 0 aliphatic heterocycles. The molecule has 4 aromatic carbocycles. The predicted molar refractivity (Wildman–Crippen MR) is 118 cm³/mol. The summed E-state index contributed by atoms with van der Waals surface area (Å²) < 4.78 is 3.43. The molecule has 1 aromatic heterocycles. The number of hydrogen-bond acceptors (Lipinski definition) is 1. The second-order valence-corrected chi connectivity index (χ2v) is 7.44. The van der Waals surface area contributed by atoms with Gasteiger partial charge >= 0.3 is 0 Å². The van der Waals surface area contributed by atoms with Crippen LogP contribution in [0.1, 0.15) is 0 Å². The zero-order chi connectivity index (χ0) is 18.2. The van der Waals surface area contributed by atoms with Gasteiger partial charge in [0.1, 0.15) is 0 Å². The molecule has 0 saturated carbocycles. The van der Waals surface area contributed by atoms with E-state index in [-0.39, 0.29) is 0 Å². The van der Waals surface area contributed by atoms with Crippen molar-refractivity contribution in [3.63, 3.8) is 0 Å². The van der Waals surface area contributed by atoms with E-state index < -0.39 is 0 Å². The van der Waals surface area contributed by atoms with Crippen LogP contribution in [0.15, 0.2) is 102 Å². The standard InChI is InChI=1S/C24H17BrN2/c25-17-14-15-23-20(16-17)19-10-4-6-12-22(19)27(23)24-13-7-5-11-21(24)26-18-8-2-1-3-9-18/h1-16,26H. The predicted octanol–water partition coefficient (Wildman–Crippen LogP) is 7.29. The number of benzene rings is 4. The summed E-state index contributed by atoms with van der Waals surface area (Å²) in [5.41, 5.74) is 5.69. The molecule has 2 nitrogen and oxygen atoms in total. The maximum Gasteiger partial charge on any atom is 0.0697 e. The highest BCUT2D eigenvalue weighted by atomic mass is 79.9. The fourth-order valence-corrected chi connectivity index (χ4v) is 4.02. The Morgan fingerprint density at radius 3 is 2.22 bits per heavy atom. The number of halogens is 1. The third-order valence-corrected chi connectivity index (χ3v) is 5.33. The Morgan fingerprint density at radius 2 is 1.33 bits per heavy atom. The summed E-state index contributed by atoms with van der Waals surface area (Å²) in [6.07, 6.45) is 0. The molecule has 0 aliphatic rings. The second kappa shape index (κ2) is 6.60. The summed E-state index contributed by atoms with van der Waals surface area (Å²) in [4.78, 5) is 0. The highest BCUT2D eigenvalue weighted by Crippen LogP contribution is 2.36. The molecule has 0 spiro atoms. The Hall–Kier alpha value is -3.04. The van der Waals surface area contributed by atoms with Gasteiger partial charge in [-0.05, 0) is 48.5 Å². The van der Waals surface area contributed by atoms with Gasteiger partial charge in [0.05, 0.1) is 22.4 Å². The molecule has 1 N–H and O–H groups in total. The number of nitrogens with one attached hydrogen (secondary N) is 1. The molecule has 0 bridgehead atoms. The van der Waals surface area contributed by atoms with Crippen LogP contribution in [-0.2, 0) is 0 Å². The fourth-order valence-electron chi connectivity index (χ4n) is 3.66. The number of rotatable bonds is 3. The normalized spacial score (nSPS) is 11.1. The summed E-state index contributed by atoms with van der Waals surface area (Å²) in [7, 11) is 0. The van der Waals surface area contributed by atoms with Crippen molar-refractivity contribution >= 4 is 49.1 Å². The summed E-state index contributed by atoms with van der Waals surface area (Å²) in [6, 6.07) is 33.8. The van der Waals surface area contributed by atoms with Gasteiger partial charge in [-0.25, -0.2) is 0 Å². The van der Waals surface area contributed by atoms with E-state index in [1.807, 2.05) is 18.2 Å². The minimum atomic E-state index is 1.08. The minimum Gasteiger partial charge on any atom is -0.354 e. The minimum absolute atomic E-state index is 1.08. The van der Waals surface area contributed by atoms with Crippen molar-refractivity contribution < 1.29 is 0 Å². The van der Waals surface area contributed by atoms with Crippen molar-refractivity contribution in [3.8, 4) is 5.69 Å². The third kappa shape index (κ3) is 2.81. The van der Waals surface area contributed by atoms with Gasteiger partial charge in [0.15, 0.2) is 0 Å². The van der Waals surface area contributed by atoms with Gasteiger partial charge in [0.2, 0.25) is 0 Å². The Balaban J connectivity index is 1.79. The van der Waals surface area contributed by atoms with Crippen LogP contribution in [-0.4, -0.2) is 4.57 Å². The molecule has 0 atom stereocenters. The highest BCUT2D eigenvalue weighted by molar-refractivity contribution is 9.10. The zero-order valence-corrected chi connectivity index (χ0v) is 16.1. The van der Waals surface area contributed by atoms with Crippen molar-refractivity contribution in [3.05, 3.63) is 102 Å². The number of fused-ring (bicyclic) bond motifs is 3. The van der Waals surface area contributed by atoms with E-state index in [4.69, 9.17) is 0 Å². The molecule has 0 aliphatic carbocycles. The van der Waals surface area contributed by atoms with Gasteiger partial charge in [0.25, 0.3) is 0 Å². The largest absolute Gasteiger partial charge is 0.354 e. The Labute approximate surface area is 166 Å². The highest BCUT2D eigenvalue weighted by Gasteiger charge is 2.14. The Bertz CT molecular complexity index is 1260. The Morgan fingerprint density at radius 1 is 0.630 bits per heavy atom. The summed E-state index contributed by atoms with van der Waals surface area (Å²) in [6.45, 7) is 0. The SMILES string of the molecule is Brc1ccc2c(c1)c1ccccc1n2-c1ccccc1Nc1ccccc1. The van der Waals surface area contributed by atoms with Crippen LogP contribution in [0.25, 0.3) is 27.5 Å². The molecule has 27 heavy (non-hydrogen) atoms. The molecule has 0 unspecified atom stereocenters. The topological polar surface area (TPSA) is 17.0 Å². The average molecular weight is 413 g/mol. The molecule has 130 valence electrons. The van der Waals surface area contributed by atoms with Gasteiger partial charge in [0, 0.05) is 20.9 Å². The lowest BCUT2D eigenvalue weighted by atomic mass is 10.2. The van der Waals surface area contributed by atoms with E-state index in [9.17, 15) is 0 Å². The first-order chi connectivity index (χ1) is 13.3.